The Labute approximate surface area is 166 Å². The smallest absolute Gasteiger partial charge is 0.337 e. The van der Waals surface area contributed by atoms with Crippen molar-refractivity contribution in [1.82, 2.24) is 0 Å². The maximum Gasteiger partial charge on any atom is 0.337 e. The van der Waals surface area contributed by atoms with Gasteiger partial charge in [0.1, 0.15) is 5.82 Å². The summed E-state index contributed by atoms with van der Waals surface area (Å²) in [4.78, 5) is 18.1. The first-order chi connectivity index (χ1) is 13.3. The molecule has 1 unspecified atom stereocenters. The number of anilines is 1. The van der Waals surface area contributed by atoms with E-state index in [9.17, 15) is 9.18 Å². The molecule has 3 rings (SSSR count). The number of ether oxygens (including phenoxy) is 1. The minimum Gasteiger partial charge on any atom is -0.465 e. The third-order valence-electron chi connectivity index (χ3n) is 5.46. The van der Waals surface area contributed by atoms with Crippen LogP contribution in [0.4, 0.5) is 15.8 Å². The average Bonchev–Trinajstić information content (AvgIpc) is 2.66. The highest BCUT2D eigenvalue weighted by molar-refractivity contribution is 5.90. The molecule has 1 aliphatic rings. The van der Waals surface area contributed by atoms with Crippen molar-refractivity contribution >= 4 is 23.6 Å². The first-order valence-corrected chi connectivity index (χ1v) is 9.60. The van der Waals surface area contributed by atoms with Gasteiger partial charge in [-0.1, -0.05) is 6.92 Å². The van der Waals surface area contributed by atoms with E-state index in [2.05, 4.69) is 42.3 Å². The van der Waals surface area contributed by atoms with E-state index < -0.39 is 5.97 Å². The van der Waals surface area contributed by atoms with Crippen molar-refractivity contribution in [3.8, 4) is 0 Å². The minimum atomic E-state index is -0.395. The van der Waals surface area contributed by atoms with Crippen LogP contribution in [0.5, 0.6) is 0 Å². The zero-order valence-electron chi connectivity index (χ0n) is 17.1. The number of halogens is 1. The van der Waals surface area contributed by atoms with Gasteiger partial charge in [0, 0.05) is 29.5 Å². The molecule has 1 aliphatic heterocycles. The van der Waals surface area contributed by atoms with E-state index in [0.717, 1.165) is 24.2 Å². The van der Waals surface area contributed by atoms with E-state index in [1.165, 1.54) is 7.11 Å². The Morgan fingerprint density at radius 3 is 2.61 bits per heavy atom. The predicted molar refractivity (Wildman–Crippen MR) is 112 cm³/mol. The molecular weight excluding hydrogens is 355 g/mol. The normalized spacial score (nSPS) is 18.2. The summed E-state index contributed by atoms with van der Waals surface area (Å²) in [5, 5.41) is 0. The zero-order valence-corrected chi connectivity index (χ0v) is 17.1. The van der Waals surface area contributed by atoms with Crippen molar-refractivity contribution in [3.63, 3.8) is 0 Å². The molecule has 4 nitrogen and oxygen atoms in total. The predicted octanol–water partition coefficient (Wildman–Crippen LogP) is 5.48. The van der Waals surface area contributed by atoms with Crippen LogP contribution in [-0.4, -0.2) is 31.4 Å². The van der Waals surface area contributed by atoms with E-state index in [0.29, 0.717) is 22.7 Å². The van der Waals surface area contributed by atoms with Gasteiger partial charge in [0.2, 0.25) is 0 Å². The second-order valence-electron chi connectivity index (χ2n) is 7.89. The van der Waals surface area contributed by atoms with Crippen LogP contribution in [0.15, 0.2) is 41.4 Å². The van der Waals surface area contributed by atoms with Crippen LogP contribution in [0.3, 0.4) is 0 Å². The van der Waals surface area contributed by atoms with Gasteiger partial charge in [-0.25, -0.2) is 9.18 Å². The van der Waals surface area contributed by atoms with Gasteiger partial charge in [0.25, 0.3) is 0 Å². The molecule has 0 radical (unpaired) electrons. The van der Waals surface area contributed by atoms with Crippen LogP contribution in [0, 0.1) is 5.82 Å². The number of methoxy groups -OCH3 is 1. The third-order valence-corrected chi connectivity index (χ3v) is 5.46. The summed E-state index contributed by atoms with van der Waals surface area (Å²) in [5.74, 6) is -0.328. The Bertz CT molecular complexity index is 904. The highest BCUT2D eigenvalue weighted by atomic mass is 19.1. The molecule has 0 N–H and O–H groups in total. The molecule has 2 aromatic rings. The van der Waals surface area contributed by atoms with E-state index in [-0.39, 0.29) is 11.4 Å². The summed E-state index contributed by atoms with van der Waals surface area (Å²) in [6, 6.07) is 10.3. The molecule has 148 valence electrons. The van der Waals surface area contributed by atoms with Gasteiger partial charge in [-0.2, -0.15) is 0 Å². The maximum atomic E-state index is 14.8. The molecule has 0 bridgehead atoms. The molecule has 0 spiro atoms. The van der Waals surface area contributed by atoms with Crippen LogP contribution < -0.4 is 4.90 Å². The fraction of sp³-hybridized carbons (Fsp3) is 0.391. The molecule has 2 aromatic carbocycles. The molecule has 5 heteroatoms. The van der Waals surface area contributed by atoms with Crippen LogP contribution in [0.25, 0.3) is 0 Å². The number of carbonyl (C=O) groups excluding carboxylic acids is 1. The fourth-order valence-electron chi connectivity index (χ4n) is 4.16. The molecule has 28 heavy (non-hydrogen) atoms. The monoisotopic (exact) mass is 382 g/mol. The highest BCUT2D eigenvalue weighted by Gasteiger charge is 2.36. The molecule has 0 fully saturated rings. The van der Waals surface area contributed by atoms with Crippen molar-refractivity contribution in [2.75, 3.05) is 18.6 Å². The number of fused-ring (bicyclic) bond motifs is 1. The van der Waals surface area contributed by atoms with Gasteiger partial charge >= 0.3 is 5.97 Å². The van der Waals surface area contributed by atoms with Crippen molar-refractivity contribution in [2.45, 2.75) is 45.6 Å². The minimum absolute atomic E-state index is 0.00456. The zero-order chi connectivity index (χ0) is 20.5. The Morgan fingerprint density at radius 1 is 1.32 bits per heavy atom. The standard InChI is InChI=1S/C23H27FN2O2/c1-6-26-21-12-20(24)17(11-19(21)15(2)13-23(26,3)4)14-25-18-9-7-16(8-10-18)22(27)28-5/h7-12,14-15H,6,13H2,1-5H3. The number of nitrogens with zero attached hydrogens (tertiary/aromatic N) is 2. The summed E-state index contributed by atoms with van der Waals surface area (Å²) in [6.07, 6.45) is 2.57. The third kappa shape index (κ3) is 3.79. The lowest BCUT2D eigenvalue weighted by atomic mass is 9.79. The van der Waals surface area contributed by atoms with Gasteiger partial charge in [-0.05, 0) is 75.1 Å². The summed E-state index contributed by atoms with van der Waals surface area (Å²) >= 11 is 0. The number of aliphatic imine (C=N–C) groups is 1. The summed E-state index contributed by atoms with van der Waals surface area (Å²) in [7, 11) is 1.34. The first kappa shape index (κ1) is 20.1. The number of esters is 1. The van der Waals surface area contributed by atoms with Crippen molar-refractivity contribution in [1.29, 1.82) is 0 Å². The van der Waals surface area contributed by atoms with E-state index in [4.69, 9.17) is 0 Å². The maximum absolute atomic E-state index is 14.8. The quantitative estimate of drug-likeness (QED) is 0.520. The Hall–Kier alpha value is -2.69. The Balaban J connectivity index is 1.91. The number of hydrogen-bond donors (Lipinski definition) is 0. The van der Waals surface area contributed by atoms with Crippen molar-refractivity contribution < 1.29 is 13.9 Å². The first-order valence-electron chi connectivity index (χ1n) is 9.60. The lowest BCUT2D eigenvalue weighted by molar-refractivity contribution is 0.0601. The van der Waals surface area contributed by atoms with Gasteiger partial charge < -0.3 is 9.64 Å². The second kappa shape index (κ2) is 7.74. The Morgan fingerprint density at radius 2 is 2.00 bits per heavy atom. The molecule has 1 heterocycles. The second-order valence-corrected chi connectivity index (χ2v) is 7.89. The average molecular weight is 382 g/mol. The molecule has 0 saturated heterocycles. The SMILES string of the molecule is CCN1c2cc(F)c(C=Nc3ccc(C(=O)OC)cc3)cc2C(C)CC1(C)C. The van der Waals surface area contributed by atoms with E-state index in [1.807, 2.05) is 6.07 Å². The molecule has 0 aromatic heterocycles. The number of carbonyl (C=O) groups is 1. The number of hydrogen-bond acceptors (Lipinski definition) is 4. The Kier molecular flexibility index (Phi) is 5.54. The van der Waals surface area contributed by atoms with Crippen LogP contribution >= 0.6 is 0 Å². The van der Waals surface area contributed by atoms with Gasteiger partial charge in [-0.15, -0.1) is 0 Å². The van der Waals surface area contributed by atoms with Crippen molar-refractivity contribution in [2.24, 2.45) is 4.99 Å². The van der Waals surface area contributed by atoms with Gasteiger partial charge in [-0.3, -0.25) is 4.99 Å². The highest BCUT2D eigenvalue weighted by Crippen LogP contribution is 2.43. The van der Waals surface area contributed by atoms with E-state index in [1.54, 1.807) is 36.5 Å². The van der Waals surface area contributed by atoms with E-state index >= 15 is 0 Å². The fourth-order valence-corrected chi connectivity index (χ4v) is 4.16. The summed E-state index contributed by atoms with van der Waals surface area (Å²) in [5.41, 5.74) is 3.71. The van der Waals surface area contributed by atoms with Crippen molar-refractivity contribution in [3.05, 3.63) is 58.9 Å². The molecule has 1 atom stereocenters. The summed E-state index contributed by atoms with van der Waals surface area (Å²) < 4.78 is 19.5. The van der Waals surface area contributed by atoms with Crippen LogP contribution in [0.1, 0.15) is 61.5 Å². The number of benzene rings is 2. The largest absolute Gasteiger partial charge is 0.465 e. The lowest BCUT2D eigenvalue weighted by Crippen LogP contribution is -2.48. The van der Waals surface area contributed by atoms with Crippen LogP contribution in [-0.2, 0) is 4.74 Å². The van der Waals surface area contributed by atoms with Gasteiger partial charge in [0.05, 0.1) is 18.4 Å². The van der Waals surface area contributed by atoms with Crippen LogP contribution in [0.2, 0.25) is 0 Å². The molecular formula is C23H27FN2O2. The number of rotatable bonds is 4. The lowest BCUT2D eigenvalue weighted by Gasteiger charge is -2.47. The molecule has 0 amide bonds. The van der Waals surface area contributed by atoms with Gasteiger partial charge in [0.15, 0.2) is 0 Å². The summed E-state index contributed by atoms with van der Waals surface area (Å²) in [6.45, 7) is 9.55. The molecule has 0 saturated carbocycles. The topological polar surface area (TPSA) is 41.9 Å². The molecule has 0 aliphatic carbocycles.